The fraction of sp³-hybridized carbons (Fsp3) is 0.348. The first-order valence-corrected chi connectivity index (χ1v) is 10.4. The SMILES string of the molecule is Cc1ccc(-c2ccc(/C=N\N3C(=O)[C@@H]4[C@@H]5C=C[C@H]([C@@H]6C[C@H]56)[C@@H]4C3=O)o2)c([N+](=O)[O-])c1. The normalized spacial score (nSPS) is 32.6. The van der Waals surface area contributed by atoms with Gasteiger partial charge in [-0.2, -0.15) is 10.1 Å². The Morgan fingerprint density at radius 1 is 1.10 bits per heavy atom. The van der Waals surface area contributed by atoms with Crippen LogP contribution in [-0.4, -0.2) is 28.0 Å². The molecular weight excluding hydrogens is 398 g/mol. The van der Waals surface area contributed by atoms with Gasteiger partial charge in [0.25, 0.3) is 17.5 Å². The lowest BCUT2D eigenvalue weighted by Gasteiger charge is -2.37. The molecule has 3 fully saturated rings. The first-order chi connectivity index (χ1) is 14.9. The molecule has 2 amide bonds. The van der Waals surface area contributed by atoms with Gasteiger partial charge in [0.1, 0.15) is 11.5 Å². The third-order valence-corrected chi connectivity index (χ3v) is 7.18. The monoisotopic (exact) mass is 417 g/mol. The molecule has 0 unspecified atom stereocenters. The first kappa shape index (κ1) is 18.2. The summed E-state index contributed by atoms with van der Waals surface area (Å²) >= 11 is 0. The Hall–Kier alpha value is -3.55. The quantitative estimate of drug-likeness (QED) is 0.249. The number of carbonyl (C=O) groups excluding carboxylic acids is 2. The number of carbonyl (C=O) groups is 2. The van der Waals surface area contributed by atoms with Crippen molar-refractivity contribution in [1.82, 2.24) is 5.01 Å². The fourth-order valence-electron chi connectivity index (χ4n) is 5.74. The van der Waals surface area contributed by atoms with Gasteiger partial charge in [-0.25, -0.2) is 0 Å². The molecule has 1 aromatic carbocycles. The minimum Gasteiger partial charge on any atom is -0.455 e. The van der Waals surface area contributed by atoms with Crippen LogP contribution in [0.25, 0.3) is 11.3 Å². The van der Waals surface area contributed by atoms with Crippen LogP contribution >= 0.6 is 0 Å². The topological polar surface area (TPSA) is 106 Å². The second kappa shape index (κ2) is 6.23. The Morgan fingerprint density at radius 3 is 2.42 bits per heavy atom. The molecule has 5 aliphatic rings. The van der Waals surface area contributed by atoms with Crippen LogP contribution < -0.4 is 0 Å². The summed E-state index contributed by atoms with van der Waals surface area (Å²) in [6.45, 7) is 1.78. The number of nitro groups is 1. The van der Waals surface area contributed by atoms with Crippen molar-refractivity contribution < 1.29 is 18.9 Å². The fourth-order valence-corrected chi connectivity index (χ4v) is 5.74. The van der Waals surface area contributed by atoms with E-state index in [1.54, 1.807) is 31.2 Å². The molecule has 0 spiro atoms. The summed E-state index contributed by atoms with van der Waals surface area (Å²) in [7, 11) is 0. The first-order valence-electron chi connectivity index (χ1n) is 10.4. The van der Waals surface area contributed by atoms with E-state index in [-0.39, 0.29) is 41.2 Å². The zero-order valence-electron chi connectivity index (χ0n) is 16.7. The highest BCUT2D eigenvalue weighted by atomic mass is 16.6. The van der Waals surface area contributed by atoms with E-state index in [9.17, 15) is 19.7 Å². The zero-order chi connectivity index (χ0) is 21.4. The number of hydrazone groups is 1. The molecule has 31 heavy (non-hydrogen) atoms. The number of imide groups is 1. The minimum absolute atomic E-state index is 0.0478. The number of benzene rings is 1. The number of amides is 2. The van der Waals surface area contributed by atoms with E-state index < -0.39 is 4.92 Å². The summed E-state index contributed by atoms with van der Waals surface area (Å²) in [5, 5.41) is 16.5. The minimum atomic E-state index is -0.450. The van der Waals surface area contributed by atoms with Crippen molar-refractivity contribution in [2.24, 2.45) is 40.6 Å². The third-order valence-electron chi connectivity index (χ3n) is 7.18. The van der Waals surface area contributed by atoms with Crippen molar-refractivity contribution in [2.75, 3.05) is 0 Å². The van der Waals surface area contributed by atoms with Gasteiger partial charge in [-0.05, 0) is 60.8 Å². The molecule has 1 saturated heterocycles. The lowest BCUT2D eigenvalue weighted by molar-refractivity contribution is -0.384. The van der Waals surface area contributed by atoms with Gasteiger partial charge in [0.2, 0.25) is 0 Å². The number of nitro benzene ring substituents is 1. The molecule has 1 aromatic heterocycles. The predicted molar refractivity (Wildman–Crippen MR) is 110 cm³/mol. The maximum Gasteiger partial charge on any atom is 0.280 e. The molecule has 8 nitrogen and oxygen atoms in total. The Bertz CT molecular complexity index is 1180. The van der Waals surface area contributed by atoms with E-state index in [4.69, 9.17) is 4.42 Å². The maximum absolute atomic E-state index is 13.0. The Labute approximate surface area is 177 Å². The van der Waals surface area contributed by atoms with Gasteiger partial charge in [0, 0.05) is 6.07 Å². The van der Waals surface area contributed by atoms with Crippen molar-refractivity contribution in [3.05, 3.63) is 63.9 Å². The van der Waals surface area contributed by atoms with E-state index in [1.165, 1.54) is 12.3 Å². The van der Waals surface area contributed by atoms with E-state index in [2.05, 4.69) is 17.3 Å². The van der Waals surface area contributed by atoms with Gasteiger partial charge in [-0.15, -0.1) is 0 Å². The molecule has 2 saturated carbocycles. The Kier molecular flexibility index (Phi) is 3.66. The molecule has 0 N–H and O–H groups in total. The summed E-state index contributed by atoms with van der Waals surface area (Å²) in [6, 6.07) is 8.13. The number of rotatable bonds is 4. The summed E-state index contributed by atoms with van der Waals surface area (Å²) in [5.74, 6) is 0.922. The molecule has 2 aromatic rings. The molecule has 8 heteroatoms. The smallest absolute Gasteiger partial charge is 0.280 e. The van der Waals surface area contributed by atoms with Gasteiger partial charge in [0.15, 0.2) is 0 Å². The Balaban J connectivity index is 1.26. The van der Waals surface area contributed by atoms with Crippen molar-refractivity contribution in [3.63, 3.8) is 0 Å². The van der Waals surface area contributed by atoms with Gasteiger partial charge < -0.3 is 4.42 Å². The highest BCUT2D eigenvalue weighted by Crippen LogP contribution is 2.65. The second-order valence-electron chi connectivity index (χ2n) is 8.87. The summed E-state index contributed by atoms with van der Waals surface area (Å²) in [5.41, 5.74) is 1.09. The van der Waals surface area contributed by atoms with Crippen LogP contribution in [0.1, 0.15) is 17.7 Å². The molecule has 1 aliphatic heterocycles. The second-order valence-corrected chi connectivity index (χ2v) is 8.87. The van der Waals surface area contributed by atoms with Gasteiger partial charge in [0.05, 0.1) is 28.5 Å². The van der Waals surface area contributed by atoms with E-state index in [1.807, 2.05) is 0 Å². The number of nitrogens with zero attached hydrogens (tertiary/aromatic N) is 3. The molecule has 156 valence electrons. The van der Waals surface area contributed by atoms with Crippen molar-refractivity contribution >= 4 is 23.7 Å². The Morgan fingerprint density at radius 2 is 1.77 bits per heavy atom. The molecule has 7 rings (SSSR count). The van der Waals surface area contributed by atoms with Crippen LogP contribution in [0.3, 0.4) is 0 Å². The average molecular weight is 417 g/mol. The lowest BCUT2D eigenvalue weighted by atomic mass is 9.63. The van der Waals surface area contributed by atoms with Crippen LogP contribution in [0.2, 0.25) is 0 Å². The van der Waals surface area contributed by atoms with Crippen LogP contribution in [0.4, 0.5) is 5.69 Å². The third kappa shape index (κ3) is 2.57. The van der Waals surface area contributed by atoms with Gasteiger partial charge in [-0.3, -0.25) is 19.7 Å². The summed E-state index contributed by atoms with van der Waals surface area (Å²) in [4.78, 5) is 36.8. The highest BCUT2D eigenvalue weighted by molar-refractivity contribution is 6.06. The molecular formula is C23H19N3O5. The summed E-state index contributed by atoms with van der Waals surface area (Å²) in [6.07, 6.45) is 6.67. The van der Waals surface area contributed by atoms with Crippen LogP contribution in [0.5, 0.6) is 0 Å². The van der Waals surface area contributed by atoms with Crippen molar-refractivity contribution in [1.29, 1.82) is 0 Å². The van der Waals surface area contributed by atoms with Gasteiger partial charge in [-0.1, -0.05) is 18.2 Å². The highest BCUT2D eigenvalue weighted by Gasteiger charge is 2.67. The summed E-state index contributed by atoms with van der Waals surface area (Å²) < 4.78 is 5.71. The van der Waals surface area contributed by atoms with E-state index in [0.29, 0.717) is 28.9 Å². The van der Waals surface area contributed by atoms with Crippen LogP contribution in [-0.2, 0) is 9.59 Å². The molecule has 2 heterocycles. The maximum atomic E-state index is 13.0. The van der Waals surface area contributed by atoms with Crippen molar-refractivity contribution in [3.8, 4) is 11.3 Å². The van der Waals surface area contributed by atoms with Crippen molar-refractivity contribution in [2.45, 2.75) is 13.3 Å². The van der Waals surface area contributed by atoms with E-state index >= 15 is 0 Å². The van der Waals surface area contributed by atoms with Crippen LogP contribution in [0.15, 0.2) is 52.0 Å². The van der Waals surface area contributed by atoms with Crippen LogP contribution in [0, 0.1) is 52.5 Å². The average Bonchev–Trinajstić information content (AvgIpc) is 3.39. The van der Waals surface area contributed by atoms with Gasteiger partial charge >= 0.3 is 0 Å². The van der Waals surface area contributed by atoms with E-state index in [0.717, 1.165) is 17.0 Å². The number of hydrogen-bond acceptors (Lipinski definition) is 6. The largest absolute Gasteiger partial charge is 0.455 e. The number of allylic oxidation sites excluding steroid dienone is 2. The standard InChI is InChI=1S/C23H19N3O5/c1-11-2-4-15(18(8-11)26(29)30)19-7-3-12(31-19)10-24-25-22(27)20-13-5-6-14(17-9-16(13)17)21(20)23(25)28/h2-8,10,13-14,16-17,20-21H,9H2,1H3/b24-10-/t13-,14-,16-,17+,20-,21+/m1/s1. The molecule has 4 aliphatic carbocycles. The predicted octanol–water partition coefficient (Wildman–Crippen LogP) is 3.55. The molecule has 6 atom stereocenters. The molecule has 0 radical (unpaired) electrons. The number of hydrogen-bond donors (Lipinski definition) is 0. The number of furan rings is 1. The molecule has 2 bridgehead atoms. The lowest BCUT2D eigenvalue weighted by Crippen LogP contribution is -2.40. The zero-order valence-corrected chi connectivity index (χ0v) is 16.7. The number of aryl methyl sites for hydroxylation is 1.